The normalized spacial score (nSPS) is 38.1. The quantitative estimate of drug-likeness (QED) is 0.698. The van der Waals surface area contributed by atoms with Crippen molar-refractivity contribution in [3.05, 3.63) is 0 Å². The lowest BCUT2D eigenvalue weighted by Crippen LogP contribution is -2.59. The number of nitrogens with one attached hydrogen (secondary N) is 2. The number of ether oxygens (including phenoxy) is 1. The molecule has 0 aromatic carbocycles. The molecule has 0 radical (unpaired) electrons. The first-order valence-electron chi connectivity index (χ1n) is 8.20. The third-order valence-corrected chi connectivity index (χ3v) is 5.51. The van der Waals surface area contributed by atoms with Gasteiger partial charge in [-0.3, -0.25) is 4.79 Å². The van der Waals surface area contributed by atoms with Gasteiger partial charge in [0.1, 0.15) is 0 Å². The molecule has 0 aromatic rings. The smallest absolute Gasteiger partial charge is 0.233 e. The van der Waals surface area contributed by atoms with Crippen molar-refractivity contribution in [2.45, 2.75) is 50.5 Å². The fourth-order valence-electron chi connectivity index (χ4n) is 5.10. The number of methoxy groups -OCH3 is 1. The maximum absolute atomic E-state index is 11.9. The lowest BCUT2D eigenvalue weighted by atomic mass is 9.53. The molecule has 4 nitrogen and oxygen atoms in total. The van der Waals surface area contributed by atoms with Gasteiger partial charge < -0.3 is 15.4 Å². The van der Waals surface area contributed by atoms with E-state index in [0.29, 0.717) is 18.7 Å². The lowest BCUT2D eigenvalue weighted by Gasteiger charge is -2.57. The number of rotatable bonds is 7. The van der Waals surface area contributed by atoms with Gasteiger partial charge in [-0.2, -0.15) is 0 Å². The van der Waals surface area contributed by atoms with E-state index in [1.165, 1.54) is 38.5 Å². The summed E-state index contributed by atoms with van der Waals surface area (Å²) in [5.41, 5.74) is 0.290. The molecule has 0 heterocycles. The first-order valence-corrected chi connectivity index (χ1v) is 8.20. The molecule has 2 N–H and O–H groups in total. The molecule has 0 aliphatic heterocycles. The van der Waals surface area contributed by atoms with Crippen molar-refractivity contribution in [2.75, 3.05) is 26.8 Å². The van der Waals surface area contributed by atoms with E-state index in [4.69, 9.17) is 4.74 Å². The maximum atomic E-state index is 11.9. The molecule has 1 amide bonds. The number of hydrogen-bond donors (Lipinski definition) is 2. The Labute approximate surface area is 122 Å². The molecule has 4 fully saturated rings. The van der Waals surface area contributed by atoms with E-state index in [1.807, 2.05) is 0 Å². The van der Waals surface area contributed by atoms with E-state index in [9.17, 15) is 4.79 Å². The van der Waals surface area contributed by atoms with Gasteiger partial charge in [0.25, 0.3) is 0 Å². The molecular formula is C16H28N2O2. The van der Waals surface area contributed by atoms with Gasteiger partial charge in [0.15, 0.2) is 0 Å². The van der Waals surface area contributed by atoms with Crippen LogP contribution in [-0.4, -0.2) is 38.3 Å². The summed E-state index contributed by atoms with van der Waals surface area (Å²) < 4.78 is 4.98. The average molecular weight is 280 g/mol. The molecule has 4 bridgehead atoms. The fraction of sp³-hybridized carbons (Fsp3) is 0.938. The van der Waals surface area contributed by atoms with Gasteiger partial charge >= 0.3 is 0 Å². The molecule has 4 heteroatoms. The Balaban J connectivity index is 1.43. The Morgan fingerprint density at radius 3 is 2.30 bits per heavy atom. The third-order valence-electron chi connectivity index (χ3n) is 5.51. The monoisotopic (exact) mass is 280 g/mol. The van der Waals surface area contributed by atoms with Gasteiger partial charge in [-0.1, -0.05) is 0 Å². The zero-order valence-corrected chi connectivity index (χ0v) is 12.6. The number of amides is 1. The first-order chi connectivity index (χ1) is 9.69. The highest BCUT2D eigenvalue weighted by Crippen LogP contribution is 2.55. The zero-order valence-electron chi connectivity index (χ0n) is 12.6. The summed E-state index contributed by atoms with van der Waals surface area (Å²) in [6.45, 7) is 1.91. The standard InChI is InChI=1S/C16H28N2O2/c1-20-4-2-3-17-15(19)11-18-16-8-12-5-13(9-16)7-14(6-12)10-16/h12-14,18H,2-11H2,1H3,(H,17,19). The van der Waals surface area contributed by atoms with E-state index in [1.54, 1.807) is 7.11 Å². The Hall–Kier alpha value is -0.610. The molecule has 20 heavy (non-hydrogen) atoms. The van der Waals surface area contributed by atoms with E-state index in [0.717, 1.165) is 30.7 Å². The predicted octanol–water partition coefficient (Wildman–Crippen LogP) is 1.70. The van der Waals surface area contributed by atoms with Crippen LogP contribution in [-0.2, 0) is 9.53 Å². The Morgan fingerprint density at radius 1 is 1.15 bits per heavy atom. The van der Waals surface area contributed by atoms with E-state index in [2.05, 4.69) is 10.6 Å². The highest BCUT2D eigenvalue weighted by atomic mass is 16.5. The average Bonchev–Trinajstić information content (AvgIpc) is 2.40. The number of carbonyl (C=O) groups is 1. The van der Waals surface area contributed by atoms with Gasteiger partial charge in [0, 0.05) is 25.8 Å². The second kappa shape index (κ2) is 6.02. The van der Waals surface area contributed by atoms with Crippen molar-refractivity contribution in [3.63, 3.8) is 0 Å². The van der Waals surface area contributed by atoms with Crippen LogP contribution >= 0.6 is 0 Å². The van der Waals surface area contributed by atoms with Crippen LogP contribution < -0.4 is 10.6 Å². The van der Waals surface area contributed by atoms with Crippen LogP contribution in [0, 0.1) is 17.8 Å². The molecule has 4 aliphatic carbocycles. The largest absolute Gasteiger partial charge is 0.385 e. The van der Waals surface area contributed by atoms with E-state index < -0.39 is 0 Å². The van der Waals surface area contributed by atoms with Crippen molar-refractivity contribution < 1.29 is 9.53 Å². The molecule has 0 atom stereocenters. The summed E-state index contributed by atoms with van der Waals surface area (Å²) >= 11 is 0. The molecule has 4 aliphatic rings. The highest BCUT2D eigenvalue weighted by molar-refractivity contribution is 5.78. The summed E-state index contributed by atoms with van der Waals surface area (Å²) in [5, 5.41) is 6.59. The van der Waals surface area contributed by atoms with Gasteiger partial charge in [0.05, 0.1) is 6.54 Å². The molecule has 0 spiro atoms. The molecule has 0 aromatic heterocycles. The topological polar surface area (TPSA) is 50.4 Å². The molecule has 4 rings (SSSR count). The van der Waals surface area contributed by atoms with Crippen molar-refractivity contribution in [3.8, 4) is 0 Å². The van der Waals surface area contributed by atoms with Crippen LogP contribution in [0.15, 0.2) is 0 Å². The van der Waals surface area contributed by atoms with Crippen molar-refractivity contribution in [2.24, 2.45) is 17.8 Å². The Morgan fingerprint density at radius 2 is 1.75 bits per heavy atom. The van der Waals surface area contributed by atoms with Crippen LogP contribution in [0.25, 0.3) is 0 Å². The van der Waals surface area contributed by atoms with Gasteiger partial charge in [-0.05, 0) is 62.7 Å². The molecule has 0 unspecified atom stereocenters. The minimum atomic E-state index is 0.136. The van der Waals surface area contributed by atoms with E-state index in [-0.39, 0.29) is 5.91 Å². The summed E-state index contributed by atoms with van der Waals surface area (Å²) in [5.74, 6) is 2.92. The van der Waals surface area contributed by atoms with Gasteiger partial charge in [-0.15, -0.1) is 0 Å². The summed E-state index contributed by atoms with van der Waals surface area (Å²) in [6.07, 6.45) is 9.14. The minimum Gasteiger partial charge on any atom is -0.385 e. The van der Waals surface area contributed by atoms with Crippen molar-refractivity contribution in [1.29, 1.82) is 0 Å². The van der Waals surface area contributed by atoms with Gasteiger partial charge in [0.2, 0.25) is 5.91 Å². The summed E-state index contributed by atoms with van der Waals surface area (Å²) in [4.78, 5) is 11.9. The summed E-state index contributed by atoms with van der Waals surface area (Å²) in [6, 6.07) is 0. The Kier molecular flexibility index (Phi) is 4.32. The zero-order chi connectivity index (χ0) is 14.0. The van der Waals surface area contributed by atoms with Crippen LogP contribution in [0.4, 0.5) is 0 Å². The SMILES string of the molecule is COCCCNC(=O)CNC12CC3CC(CC(C3)C1)C2. The highest BCUT2D eigenvalue weighted by Gasteiger charge is 2.50. The maximum Gasteiger partial charge on any atom is 0.233 e. The van der Waals surface area contributed by atoms with E-state index >= 15 is 0 Å². The molecule has 114 valence electrons. The van der Waals surface area contributed by atoms with Crippen LogP contribution in [0.5, 0.6) is 0 Å². The predicted molar refractivity (Wildman–Crippen MR) is 78.4 cm³/mol. The first kappa shape index (κ1) is 14.3. The molecule has 4 saturated carbocycles. The second-order valence-corrected chi connectivity index (χ2v) is 7.25. The summed E-state index contributed by atoms with van der Waals surface area (Å²) in [7, 11) is 1.69. The van der Waals surface area contributed by atoms with Crippen LogP contribution in [0.2, 0.25) is 0 Å². The third kappa shape index (κ3) is 3.17. The second-order valence-electron chi connectivity index (χ2n) is 7.25. The molecular weight excluding hydrogens is 252 g/mol. The number of hydrogen-bond acceptors (Lipinski definition) is 3. The minimum absolute atomic E-state index is 0.136. The Bertz CT molecular complexity index is 321. The van der Waals surface area contributed by atoms with Crippen molar-refractivity contribution >= 4 is 5.91 Å². The van der Waals surface area contributed by atoms with Crippen molar-refractivity contribution in [1.82, 2.24) is 10.6 Å². The fourth-order valence-corrected chi connectivity index (χ4v) is 5.10. The van der Waals surface area contributed by atoms with Crippen LogP contribution in [0.3, 0.4) is 0 Å². The molecule has 0 saturated heterocycles. The number of carbonyl (C=O) groups excluding carboxylic acids is 1. The lowest BCUT2D eigenvalue weighted by molar-refractivity contribution is -0.121. The van der Waals surface area contributed by atoms with Crippen LogP contribution in [0.1, 0.15) is 44.9 Å². The van der Waals surface area contributed by atoms with Gasteiger partial charge in [-0.25, -0.2) is 0 Å².